The third-order valence-corrected chi connectivity index (χ3v) is 13.6. The quantitative estimate of drug-likeness (QED) is 0.188. The van der Waals surface area contributed by atoms with Gasteiger partial charge < -0.3 is 0 Å². The summed E-state index contributed by atoms with van der Waals surface area (Å²) < 4.78 is 4.14. The van der Waals surface area contributed by atoms with Crippen LogP contribution in [0.2, 0.25) is 0 Å². The first kappa shape index (κ1) is 26.1. The van der Waals surface area contributed by atoms with Crippen LogP contribution in [0.1, 0.15) is 33.9 Å². The Kier molecular flexibility index (Phi) is 5.91. The van der Waals surface area contributed by atoms with Crippen LogP contribution in [0.25, 0.3) is 64.2 Å². The molecule has 45 heavy (non-hydrogen) atoms. The first-order valence-corrected chi connectivity index (χ1v) is 18.2. The number of hydrogen-bond donors (Lipinski definition) is 0. The van der Waals surface area contributed by atoms with Crippen molar-refractivity contribution < 1.29 is 0 Å². The second-order valence-electron chi connectivity index (χ2n) is 12.3. The largest absolute Gasteiger partial charge is 0.139 e. The monoisotopic (exact) mass is 628 g/mol. The molecule has 0 N–H and O–H groups in total. The van der Waals surface area contributed by atoms with Crippen molar-refractivity contribution >= 4 is 76.3 Å². The Morgan fingerprint density at radius 3 is 2.27 bits per heavy atom. The summed E-state index contributed by atoms with van der Waals surface area (Å²) in [6.45, 7) is 0. The average Bonchev–Trinajstić information content (AvgIpc) is 3.79. The number of allylic oxidation sites excluding steroid dienone is 4. The lowest BCUT2D eigenvalue weighted by Crippen LogP contribution is -2.14. The number of fused-ring (bicyclic) bond motifs is 9. The summed E-state index contributed by atoms with van der Waals surface area (Å²) in [7, 11) is 0. The van der Waals surface area contributed by atoms with E-state index in [2.05, 4.69) is 134 Å². The molecule has 214 valence electrons. The summed E-state index contributed by atoms with van der Waals surface area (Å²) in [6, 6.07) is 39.0. The Hall–Kier alpha value is -4.15. The van der Waals surface area contributed by atoms with Gasteiger partial charge in [-0.25, -0.2) is 0 Å². The Morgan fingerprint density at radius 2 is 1.38 bits per heavy atom. The first-order chi connectivity index (χ1) is 22.3. The van der Waals surface area contributed by atoms with Gasteiger partial charge in [0.1, 0.15) is 0 Å². The number of benzene rings is 5. The van der Waals surface area contributed by atoms with E-state index >= 15 is 0 Å². The minimum absolute atomic E-state index is 0.293. The molecule has 0 saturated heterocycles. The standard InChI is InChI=1S/C42H28S3/c1-4-19-37-31(10-1)34-16-7-13-28(40(34)43-37)25-22-26(29-14-8-17-35-32-11-2-5-20-38(32)44-41(29)35)24-27(23-25)30-15-9-18-36-33-12-3-6-21-39(33)45-42(30)36/h1-5,7-20,22-24,28,40H,6,21H2. The maximum Gasteiger partial charge on any atom is 0.0454 e. The zero-order valence-electron chi connectivity index (χ0n) is 24.5. The SMILES string of the molecule is C1=CC(c2cc(-c3cccc4c5c(sc34)CCC=C5)cc(-c3cccc4c3sc3ccccc34)c2)C2Sc3ccccc3C2=C1. The molecule has 1 aliphatic heterocycles. The van der Waals surface area contributed by atoms with E-state index in [1.807, 2.05) is 34.4 Å². The number of aryl methyl sites for hydroxylation is 1. The predicted molar refractivity (Wildman–Crippen MR) is 199 cm³/mol. The molecule has 0 nitrogen and oxygen atoms in total. The molecule has 0 bridgehead atoms. The maximum absolute atomic E-state index is 2.50. The van der Waals surface area contributed by atoms with Crippen molar-refractivity contribution in [3.63, 3.8) is 0 Å². The number of thiophene rings is 2. The van der Waals surface area contributed by atoms with Gasteiger partial charge in [-0.15, -0.1) is 34.4 Å². The summed E-state index contributed by atoms with van der Waals surface area (Å²) in [6.07, 6.45) is 14.0. The van der Waals surface area contributed by atoms with E-state index in [0.29, 0.717) is 11.2 Å². The first-order valence-electron chi connectivity index (χ1n) is 15.7. The van der Waals surface area contributed by atoms with Crippen molar-refractivity contribution in [1.29, 1.82) is 0 Å². The van der Waals surface area contributed by atoms with Gasteiger partial charge >= 0.3 is 0 Å². The van der Waals surface area contributed by atoms with Crippen LogP contribution in [0.3, 0.4) is 0 Å². The number of thioether (sulfide) groups is 1. The lowest BCUT2D eigenvalue weighted by atomic mass is 9.83. The van der Waals surface area contributed by atoms with Gasteiger partial charge in [0.05, 0.1) is 0 Å². The summed E-state index contributed by atoms with van der Waals surface area (Å²) in [4.78, 5) is 2.92. The van der Waals surface area contributed by atoms with Crippen LogP contribution in [-0.4, -0.2) is 5.25 Å². The molecule has 2 unspecified atom stereocenters. The van der Waals surface area contributed by atoms with E-state index in [-0.39, 0.29) is 0 Å². The molecular weight excluding hydrogens is 601 g/mol. The smallest absolute Gasteiger partial charge is 0.0454 e. The zero-order valence-corrected chi connectivity index (χ0v) is 26.9. The van der Waals surface area contributed by atoms with Gasteiger partial charge in [-0.05, 0) is 75.6 Å². The molecule has 0 fully saturated rings. The fraction of sp³-hybridized carbons (Fsp3) is 0.0952. The Balaban J connectivity index is 1.20. The molecule has 3 heterocycles. The molecule has 5 aromatic carbocycles. The summed E-state index contributed by atoms with van der Waals surface area (Å²) in [5.74, 6) is 0.293. The van der Waals surface area contributed by atoms with E-state index in [1.165, 1.54) is 84.5 Å². The van der Waals surface area contributed by atoms with Crippen LogP contribution in [0.4, 0.5) is 0 Å². The van der Waals surface area contributed by atoms with E-state index in [1.54, 1.807) is 0 Å². The Bertz CT molecular complexity index is 2430. The fourth-order valence-corrected chi connectivity index (χ4v) is 11.7. The van der Waals surface area contributed by atoms with Gasteiger partial charge in [-0.3, -0.25) is 0 Å². The third kappa shape index (κ3) is 4.04. The normalized spacial score (nSPS) is 18.4. The van der Waals surface area contributed by atoms with Gasteiger partial charge in [0, 0.05) is 51.2 Å². The Labute approximate surface area is 275 Å². The second-order valence-corrected chi connectivity index (χ2v) is 15.6. The Morgan fingerprint density at radius 1 is 0.644 bits per heavy atom. The minimum atomic E-state index is 0.293. The molecule has 2 aromatic heterocycles. The summed E-state index contributed by atoms with van der Waals surface area (Å²) in [5.41, 5.74) is 11.0. The van der Waals surface area contributed by atoms with Gasteiger partial charge in [-0.2, -0.15) is 0 Å². The molecule has 3 heteroatoms. The fourth-order valence-electron chi connectivity index (χ4n) is 7.61. The molecule has 0 amide bonds. The average molecular weight is 629 g/mol. The molecule has 2 atom stereocenters. The van der Waals surface area contributed by atoms with Crippen molar-refractivity contribution in [2.75, 3.05) is 0 Å². The third-order valence-electron chi connectivity index (χ3n) is 9.70. The van der Waals surface area contributed by atoms with E-state index < -0.39 is 0 Å². The van der Waals surface area contributed by atoms with Crippen molar-refractivity contribution in [3.8, 4) is 22.3 Å². The molecule has 0 radical (unpaired) electrons. The van der Waals surface area contributed by atoms with Crippen LogP contribution >= 0.6 is 34.4 Å². The lowest BCUT2D eigenvalue weighted by molar-refractivity contribution is 0.892. The highest BCUT2D eigenvalue weighted by atomic mass is 32.2. The van der Waals surface area contributed by atoms with Crippen LogP contribution in [0, 0.1) is 0 Å². The zero-order chi connectivity index (χ0) is 29.5. The van der Waals surface area contributed by atoms with Gasteiger partial charge in [0.15, 0.2) is 0 Å². The number of rotatable bonds is 3. The van der Waals surface area contributed by atoms with Crippen LogP contribution in [0.5, 0.6) is 0 Å². The number of hydrogen-bond acceptors (Lipinski definition) is 3. The van der Waals surface area contributed by atoms with E-state index in [0.717, 1.165) is 12.8 Å². The van der Waals surface area contributed by atoms with Gasteiger partial charge in [0.2, 0.25) is 0 Å². The summed E-state index contributed by atoms with van der Waals surface area (Å²) >= 11 is 5.95. The summed E-state index contributed by atoms with van der Waals surface area (Å²) in [5, 5.41) is 4.48. The van der Waals surface area contributed by atoms with Gasteiger partial charge in [0.25, 0.3) is 0 Å². The van der Waals surface area contributed by atoms with Crippen LogP contribution in [0.15, 0.2) is 132 Å². The molecular formula is C42H28S3. The van der Waals surface area contributed by atoms with Crippen molar-refractivity contribution in [1.82, 2.24) is 0 Å². The highest BCUT2D eigenvalue weighted by Gasteiger charge is 2.35. The molecule has 10 rings (SSSR count). The topological polar surface area (TPSA) is 0 Å². The van der Waals surface area contributed by atoms with Crippen molar-refractivity contribution in [2.45, 2.75) is 28.9 Å². The molecule has 7 aromatic rings. The highest BCUT2D eigenvalue weighted by molar-refractivity contribution is 8.01. The van der Waals surface area contributed by atoms with Gasteiger partial charge in [-0.1, -0.05) is 115 Å². The molecule has 2 aliphatic carbocycles. The highest BCUT2D eigenvalue weighted by Crippen LogP contribution is 2.53. The molecule has 0 saturated carbocycles. The van der Waals surface area contributed by atoms with Crippen molar-refractivity contribution in [3.05, 3.63) is 149 Å². The van der Waals surface area contributed by atoms with Crippen molar-refractivity contribution in [2.24, 2.45) is 0 Å². The molecule has 0 spiro atoms. The van der Waals surface area contributed by atoms with E-state index in [9.17, 15) is 0 Å². The lowest BCUT2D eigenvalue weighted by Gasteiger charge is -2.26. The second kappa shape index (κ2) is 10.2. The van der Waals surface area contributed by atoms with Crippen LogP contribution < -0.4 is 0 Å². The predicted octanol–water partition coefficient (Wildman–Crippen LogP) is 12.8. The maximum atomic E-state index is 2.50. The van der Waals surface area contributed by atoms with Crippen LogP contribution in [-0.2, 0) is 6.42 Å². The molecule has 3 aliphatic rings. The minimum Gasteiger partial charge on any atom is -0.139 e. The van der Waals surface area contributed by atoms with E-state index in [4.69, 9.17) is 0 Å².